The van der Waals surface area contributed by atoms with Gasteiger partial charge in [-0.15, -0.1) is 0 Å². The molecule has 0 aliphatic carbocycles. The molecule has 1 saturated heterocycles. The maximum absolute atomic E-state index is 12.6. The molecule has 1 heterocycles. The SMILES string of the molecule is CCC(C)C1NC(=O)CN(c2ccc(Br)cc2C)C1=O. The van der Waals surface area contributed by atoms with Crippen LogP contribution in [0.15, 0.2) is 22.7 Å². The van der Waals surface area contributed by atoms with Crippen molar-refractivity contribution in [3.63, 3.8) is 0 Å². The highest BCUT2D eigenvalue weighted by atomic mass is 79.9. The summed E-state index contributed by atoms with van der Waals surface area (Å²) >= 11 is 3.41. The molecule has 1 aromatic carbocycles. The summed E-state index contributed by atoms with van der Waals surface area (Å²) < 4.78 is 0.964. The lowest BCUT2D eigenvalue weighted by Gasteiger charge is -2.35. The molecule has 0 spiro atoms. The van der Waals surface area contributed by atoms with Crippen LogP contribution in [-0.4, -0.2) is 24.4 Å². The topological polar surface area (TPSA) is 49.4 Å². The van der Waals surface area contributed by atoms with Crippen molar-refractivity contribution in [1.82, 2.24) is 5.32 Å². The van der Waals surface area contributed by atoms with Crippen LogP contribution in [0, 0.1) is 12.8 Å². The van der Waals surface area contributed by atoms with Gasteiger partial charge in [-0.3, -0.25) is 9.59 Å². The molecule has 1 N–H and O–H groups in total. The van der Waals surface area contributed by atoms with Gasteiger partial charge in [-0.05, 0) is 36.6 Å². The van der Waals surface area contributed by atoms with E-state index in [4.69, 9.17) is 0 Å². The number of hydrogen-bond donors (Lipinski definition) is 1. The molecule has 1 aliphatic rings. The minimum atomic E-state index is -0.427. The van der Waals surface area contributed by atoms with E-state index in [1.165, 1.54) is 0 Å². The first-order chi connectivity index (χ1) is 9.43. The van der Waals surface area contributed by atoms with Crippen LogP contribution in [0.4, 0.5) is 5.69 Å². The molecule has 0 saturated carbocycles. The zero-order chi connectivity index (χ0) is 14.9. The maximum atomic E-state index is 12.6. The normalized spacial score (nSPS) is 20.8. The number of carbonyl (C=O) groups is 2. The van der Waals surface area contributed by atoms with Gasteiger partial charge < -0.3 is 10.2 Å². The van der Waals surface area contributed by atoms with Crippen LogP contribution >= 0.6 is 15.9 Å². The summed E-state index contributed by atoms with van der Waals surface area (Å²) in [6.07, 6.45) is 0.851. The minimum Gasteiger partial charge on any atom is -0.342 e. The second kappa shape index (κ2) is 5.95. The second-order valence-electron chi connectivity index (χ2n) is 5.29. The first-order valence-corrected chi connectivity index (χ1v) is 7.60. The standard InChI is InChI=1S/C15H19BrN2O2/c1-4-9(2)14-15(20)18(8-13(19)17-14)12-6-5-11(16)7-10(12)3/h5-7,9,14H,4,8H2,1-3H3,(H,17,19). The molecular formula is C15H19BrN2O2. The summed E-state index contributed by atoms with van der Waals surface area (Å²) in [5, 5.41) is 2.81. The Kier molecular flexibility index (Phi) is 4.48. The molecule has 0 bridgehead atoms. The van der Waals surface area contributed by atoms with Crippen molar-refractivity contribution in [2.75, 3.05) is 11.4 Å². The van der Waals surface area contributed by atoms with E-state index >= 15 is 0 Å². The third-order valence-electron chi connectivity index (χ3n) is 3.81. The van der Waals surface area contributed by atoms with Crippen LogP contribution in [0.2, 0.25) is 0 Å². The third-order valence-corrected chi connectivity index (χ3v) is 4.31. The lowest BCUT2D eigenvalue weighted by atomic mass is 9.95. The van der Waals surface area contributed by atoms with Crippen LogP contribution in [0.25, 0.3) is 0 Å². The van der Waals surface area contributed by atoms with Gasteiger partial charge in [-0.25, -0.2) is 0 Å². The van der Waals surface area contributed by atoms with Crippen LogP contribution in [0.3, 0.4) is 0 Å². The highest BCUT2D eigenvalue weighted by Crippen LogP contribution is 2.26. The molecule has 5 heteroatoms. The van der Waals surface area contributed by atoms with E-state index in [9.17, 15) is 9.59 Å². The van der Waals surface area contributed by atoms with E-state index < -0.39 is 6.04 Å². The van der Waals surface area contributed by atoms with Crippen molar-refractivity contribution in [2.24, 2.45) is 5.92 Å². The molecule has 2 rings (SSSR count). The lowest BCUT2D eigenvalue weighted by molar-refractivity contribution is -0.132. The summed E-state index contributed by atoms with van der Waals surface area (Å²) in [5.41, 5.74) is 1.78. The number of hydrogen-bond acceptors (Lipinski definition) is 2. The molecule has 1 fully saturated rings. The molecule has 108 valence electrons. The van der Waals surface area contributed by atoms with Gasteiger partial charge >= 0.3 is 0 Å². The summed E-state index contributed by atoms with van der Waals surface area (Å²) in [6, 6.07) is 5.29. The number of nitrogens with zero attached hydrogens (tertiary/aromatic N) is 1. The first-order valence-electron chi connectivity index (χ1n) is 6.81. The Morgan fingerprint density at radius 3 is 2.75 bits per heavy atom. The highest BCUT2D eigenvalue weighted by molar-refractivity contribution is 9.10. The first kappa shape index (κ1) is 15.0. The number of nitrogens with one attached hydrogen (secondary N) is 1. The Morgan fingerprint density at radius 2 is 2.15 bits per heavy atom. The van der Waals surface area contributed by atoms with E-state index in [1.807, 2.05) is 39.0 Å². The summed E-state index contributed by atoms with van der Waals surface area (Å²) in [4.78, 5) is 26.1. The fourth-order valence-electron chi connectivity index (χ4n) is 2.42. The van der Waals surface area contributed by atoms with E-state index in [2.05, 4.69) is 21.2 Å². The Labute approximate surface area is 127 Å². The molecule has 0 aromatic heterocycles. The molecule has 2 unspecified atom stereocenters. The van der Waals surface area contributed by atoms with E-state index in [0.717, 1.165) is 22.1 Å². The number of amides is 2. The van der Waals surface area contributed by atoms with Crippen molar-refractivity contribution in [2.45, 2.75) is 33.2 Å². The maximum Gasteiger partial charge on any atom is 0.250 e. The molecule has 2 atom stereocenters. The van der Waals surface area contributed by atoms with E-state index in [0.29, 0.717) is 0 Å². The number of rotatable bonds is 3. The van der Waals surface area contributed by atoms with Crippen molar-refractivity contribution in [3.05, 3.63) is 28.2 Å². The molecule has 1 aromatic rings. The minimum absolute atomic E-state index is 0.0237. The average Bonchev–Trinajstić information content (AvgIpc) is 2.40. The van der Waals surface area contributed by atoms with Gasteiger partial charge in [-0.1, -0.05) is 36.2 Å². The molecule has 0 radical (unpaired) electrons. The van der Waals surface area contributed by atoms with E-state index in [1.54, 1.807) is 4.90 Å². The molecule has 1 aliphatic heterocycles. The number of piperazine rings is 1. The van der Waals surface area contributed by atoms with Crippen LogP contribution in [0.5, 0.6) is 0 Å². The molecule has 4 nitrogen and oxygen atoms in total. The summed E-state index contributed by atoms with van der Waals surface area (Å²) in [6.45, 7) is 6.04. The monoisotopic (exact) mass is 338 g/mol. The Morgan fingerprint density at radius 1 is 1.45 bits per heavy atom. The van der Waals surface area contributed by atoms with Crippen molar-refractivity contribution in [1.29, 1.82) is 0 Å². The fraction of sp³-hybridized carbons (Fsp3) is 0.467. The fourth-order valence-corrected chi connectivity index (χ4v) is 2.89. The largest absolute Gasteiger partial charge is 0.342 e. The average molecular weight is 339 g/mol. The number of anilines is 1. The van der Waals surface area contributed by atoms with Crippen LogP contribution in [0.1, 0.15) is 25.8 Å². The Balaban J connectivity index is 2.35. The van der Waals surface area contributed by atoms with Crippen LogP contribution < -0.4 is 10.2 Å². The number of aryl methyl sites for hydroxylation is 1. The molecule has 20 heavy (non-hydrogen) atoms. The number of halogens is 1. The zero-order valence-electron chi connectivity index (χ0n) is 11.9. The predicted molar refractivity (Wildman–Crippen MR) is 82.6 cm³/mol. The lowest BCUT2D eigenvalue weighted by Crippen LogP contribution is -2.60. The number of benzene rings is 1. The van der Waals surface area contributed by atoms with Gasteiger partial charge in [0.05, 0.1) is 0 Å². The summed E-state index contributed by atoms with van der Waals surface area (Å²) in [7, 11) is 0. The quantitative estimate of drug-likeness (QED) is 0.920. The smallest absolute Gasteiger partial charge is 0.250 e. The molecule has 2 amide bonds. The highest BCUT2D eigenvalue weighted by Gasteiger charge is 2.36. The Bertz CT molecular complexity index is 545. The summed E-state index contributed by atoms with van der Waals surface area (Å²) in [5.74, 6) is 0.00611. The van der Waals surface area contributed by atoms with Gasteiger partial charge in [0.2, 0.25) is 11.8 Å². The van der Waals surface area contributed by atoms with Crippen molar-refractivity contribution in [3.8, 4) is 0 Å². The Hall–Kier alpha value is -1.36. The zero-order valence-corrected chi connectivity index (χ0v) is 13.5. The predicted octanol–water partition coefficient (Wildman–Crippen LogP) is 2.64. The molecular weight excluding hydrogens is 320 g/mol. The van der Waals surface area contributed by atoms with Gasteiger partial charge in [0, 0.05) is 10.2 Å². The van der Waals surface area contributed by atoms with Gasteiger partial charge in [0.25, 0.3) is 0 Å². The van der Waals surface area contributed by atoms with Crippen molar-refractivity contribution >= 4 is 33.4 Å². The third kappa shape index (κ3) is 2.87. The van der Waals surface area contributed by atoms with Crippen molar-refractivity contribution < 1.29 is 9.59 Å². The van der Waals surface area contributed by atoms with Gasteiger partial charge in [0.1, 0.15) is 12.6 Å². The second-order valence-corrected chi connectivity index (χ2v) is 6.20. The van der Waals surface area contributed by atoms with E-state index in [-0.39, 0.29) is 24.3 Å². The van der Waals surface area contributed by atoms with Crippen LogP contribution in [-0.2, 0) is 9.59 Å². The number of carbonyl (C=O) groups excluding carboxylic acids is 2. The van der Waals surface area contributed by atoms with Gasteiger partial charge in [-0.2, -0.15) is 0 Å². The van der Waals surface area contributed by atoms with Gasteiger partial charge in [0.15, 0.2) is 0 Å².